The number of guanidine groups is 1. The summed E-state index contributed by atoms with van der Waals surface area (Å²) in [5, 5.41) is 7.10. The topological polar surface area (TPSA) is 48.9 Å². The molecule has 144 valence electrons. The Morgan fingerprint density at radius 2 is 2.00 bits per heavy atom. The van der Waals surface area contributed by atoms with Crippen molar-refractivity contribution in [1.82, 2.24) is 15.5 Å². The highest BCUT2D eigenvalue weighted by molar-refractivity contribution is 5.80. The van der Waals surface area contributed by atoms with Crippen molar-refractivity contribution < 1.29 is 13.5 Å². The lowest BCUT2D eigenvalue weighted by molar-refractivity contribution is -0.168. The van der Waals surface area contributed by atoms with Crippen LogP contribution in [-0.2, 0) is 4.74 Å². The lowest BCUT2D eigenvalue weighted by Gasteiger charge is -2.61. The van der Waals surface area contributed by atoms with E-state index >= 15 is 0 Å². The van der Waals surface area contributed by atoms with Crippen LogP contribution in [0.4, 0.5) is 8.78 Å². The molecule has 3 rings (SSSR count). The molecule has 1 heterocycles. The molecule has 0 aromatic rings. The number of alkyl halides is 2. The van der Waals surface area contributed by atoms with Crippen molar-refractivity contribution in [3.8, 4) is 0 Å². The van der Waals surface area contributed by atoms with E-state index in [0.29, 0.717) is 23.6 Å². The van der Waals surface area contributed by atoms with Crippen LogP contribution in [0.15, 0.2) is 4.99 Å². The first kappa shape index (κ1) is 18.8. The van der Waals surface area contributed by atoms with Crippen LogP contribution in [0.1, 0.15) is 45.4 Å². The van der Waals surface area contributed by atoms with Gasteiger partial charge in [-0.1, -0.05) is 6.42 Å². The Morgan fingerprint density at radius 3 is 2.52 bits per heavy atom. The fraction of sp³-hybridized carbons (Fsp3) is 0.944. The summed E-state index contributed by atoms with van der Waals surface area (Å²) in [6, 6.07) is 0.739. The molecule has 3 aliphatic rings. The Kier molecular flexibility index (Phi) is 6.15. The van der Waals surface area contributed by atoms with Gasteiger partial charge in [-0.25, -0.2) is 8.78 Å². The number of rotatable bonds is 6. The van der Waals surface area contributed by atoms with Crippen LogP contribution in [0.25, 0.3) is 0 Å². The average Bonchev–Trinajstić information content (AvgIpc) is 2.52. The Morgan fingerprint density at radius 1 is 1.28 bits per heavy atom. The van der Waals surface area contributed by atoms with Gasteiger partial charge in [-0.15, -0.1) is 0 Å². The van der Waals surface area contributed by atoms with E-state index in [4.69, 9.17) is 4.74 Å². The van der Waals surface area contributed by atoms with Crippen LogP contribution >= 0.6 is 0 Å². The minimum absolute atomic E-state index is 0.108. The summed E-state index contributed by atoms with van der Waals surface area (Å²) < 4.78 is 30.9. The van der Waals surface area contributed by atoms with E-state index in [-0.39, 0.29) is 6.54 Å². The predicted octanol–water partition coefficient (Wildman–Crippen LogP) is 2.23. The lowest BCUT2D eigenvalue weighted by Crippen LogP contribution is -2.69. The van der Waals surface area contributed by atoms with Crippen LogP contribution in [-0.4, -0.2) is 68.8 Å². The van der Waals surface area contributed by atoms with Gasteiger partial charge in [0.1, 0.15) is 0 Å². The summed E-state index contributed by atoms with van der Waals surface area (Å²) >= 11 is 0. The van der Waals surface area contributed by atoms with Crippen molar-refractivity contribution in [3.63, 3.8) is 0 Å². The number of likely N-dealkylation sites (tertiary alicyclic amines) is 1. The minimum atomic E-state index is -2.24. The first-order valence-electron chi connectivity index (χ1n) is 9.69. The zero-order valence-electron chi connectivity index (χ0n) is 15.4. The third-order valence-corrected chi connectivity index (χ3v) is 6.30. The molecule has 2 N–H and O–H groups in total. The highest BCUT2D eigenvalue weighted by Crippen LogP contribution is 2.57. The number of piperidine rings is 1. The third kappa shape index (κ3) is 4.08. The number of aliphatic imine (C=N–C) groups is 1. The molecule has 0 bridgehead atoms. The fourth-order valence-electron chi connectivity index (χ4n) is 4.62. The minimum Gasteiger partial charge on any atom is -0.378 e. The van der Waals surface area contributed by atoms with E-state index in [1.807, 2.05) is 4.90 Å². The SMILES string of the molecule is CCOC1CC(NC(=NC)NC2CCN(CC(F)F)CC2)C12CCC2. The van der Waals surface area contributed by atoms with Crippen LogP contribution in [0.2, 0.25) is 0 Å². The second-order valence-electron chi connectivity index (χ2n) is 7.65. The third-order valence-electron chi connectivity index (χ3n) is 6.30. The Hall–Kier alpha value is -0.950. The van der Waals surface area contributed by atoms with Gasteiger partial charge >= 0.3 is 0 Å². The number of hydrogen-bond donors (Lipinski definition) is 2. The van der Waals surface area contributed by atoms with Gasteiger partial charge in [0.25, 0.3) is 6.43 Å². The quantitative estimate of drug-likeness (QED) is 0.565. The summed E-state index contributed by atoms with van der Waals surface area (Å²) in [6.07, 6.45) is 4.71. The molecule has 0 aromatic carbocycles. The van der Waals surface area contributed by atoms with Gasteiger partial charge in [-0.3, -0.25) is 9.89 Å². The van der Waals surface area contributed by atoms with Gasteiger partial charge in [0, 0.05) is 44.2 Å². The van der Waals surface area contributed by atoms with Crippen molar-refractivity contribution in [2.45, 2.75) is 70.1 Å². The lowest BCUT2D eigenvalue weighted by atomic mass is 9.51. The maximum atomic E-state index is 12.5. The maximum Gasteiger partial charge on any atom is 0.251 e. The van der Waals surface area contributed by atoms with Gasteiger partial charge in [0.05, 0.1) is 12.6 Å². The number of hydrogen-bond acceptors (Lipinski definition) is 3. The molecule has 2 saturated carbocycles. The molecular weight excluding hydrogens is 326 g/mol. The van der Waals surface area contributed by atoms with E-state index in [2.05, 4.69) is 22.5 Å². The molecule has 2 aliphatic carbocycles. The molecule has 0 amide bonds. The summed E-state index contributed by atoms with van der Waals surface area (Å²) in [5.41, 5.74) is 0.300. The molecule has 0 aromatic heterocycles. The highest BCUT2D eigenvalue weighted by atomic mass is 19.3. The number of ether oxygens (including phenoxy) is 1. The summed E-state index contributed by atoms with van der Waals surface area (Å²) in [4.78, 5) is 6.23. The van der Waals surface area contributed by atoms with E-state index in [0.717, 1.165) is 44.9 Å². The number of nitrogens with zero attached hydrogens (tertiary/aromatic N) is 2. The molecule has 3 fully saturated rings. The molecule has 2 unspecified atom stereocenters. The zero-order chi connectivity index (χ0) is 17.9. The van der Waals surface area contributed by atoms with Crippen molar-refractivity contribution in [1.29, 1.82) is 0 Å². The zero-order valence-corrected chi connectivity index (χ0v) is 15.4. The van der Waals surface area contributed by atoms with E-state index < -0.39 is 6.43 Å². The molecule has 2 atom stereocenters. The summed E-state index contributed by atoms with van der Waals surface area (Å²) in [6.45, 7) is 4.18. The molecule has 25 heavy (non-hydrogen) atoms. The second-order valence-corrected chi connectivity index (χ2v) is 7.65. The van der Waals surface area contributed by atoms with Crippen molar-refractivity contribution in [2.24, 2.45) is 10.4 Å². The van der Waals surface area contributed by atoms with Gasteiger partial charge < -0.3 is 15.4 Å². The highest BCUT2D eigenvalue weighted by Gasteiger charge is 2.59. The Labute approximate surface area is 149 Å². The molecule has 1 saturated heterocycles. The maximum absolute atomic E-state index is 12.5. The molecule has 0 radical (unpaired) electrons. The molecule has 1 spiro atoms. The van der Waals surface area contributed by atoms with Gasteiger partial charge in [0.2, 0.25) is 0 Å². The molecule has 5 nitrogen and oxygen atoms in total. The molecular formula is C18H32F2N4O. The van der Waals surface area contributed by atoms with Crippen molar-refractivity contribution in [3.05, 3.63) is 0 Å². The molecule has 7 heteroatoms. The Bertz CT molecular complexity index is 462. The normalized spacial score (nSPS) is 30.2. The van der Waals surface area contributed by atoms with E-state index in [1.54, 1.807) is 7.05 Å². The fourth-order valence-corrected chi connectivity index (χ4v) is 4.62. The van der Waals surface area contributed by atoms with E-state index in [1.165, 1.54) is 19.3 Å². The standard InChI is InChI=1S/C18H32F2N4O/c1-3-25-15-11-14(18(15)7-4-8-18)23-17(21-2)22-13-5-9-24(10-6-13)12-16(19)20/h13-16H,3-12H2,1-2H3,(H2,21,22,23). The van der Waals surface area contributed by atoms with Gasteiger partial charge in [-0.05, 0) is 39.0 Å². The van der Waals surface area contributed by atoms with Crippen molar-refractivity contribution in [2.75, 3.05) is 33.3 Å². The monoisotopic (exact) mass is 358 g/mol. The first-order valence-corrected chi connectivity index (χ1v) is 9.69. The largest absolute Gasteiger partial charge is 0.378 e. The van der Waals surface area contributed by atoms with Crippen LogP contribution in [0.3, 0.4) is 0 Å². The molecule has 1 aliphatic heterocycles. The number of nitrogens with one attached hydrogen (secondary N) is 2. The van der Waals surface area contributed by atoms with Crippen LogP contribution < -0.4 is 10.6 Å². The van der Waals surface area contributed by atoms with E-state index in [9.17, 15) is 8.78 Å². The number of halogens is 2. The van der Waals surface area contributed by atoms with Crippen LogP contribution in [0, 0.1) is 5.41 Å². The van der Waals surface area contributed by atoms with Crippen LogP contribution in [0.5, 0.6) is 0 Å². The van der Waals surface area contributed by atoms with Crippen molar-refractivity contribution >= 4 is 5.96 Å². The summed E-state index contributed by atoms with van der Waals surface area (Å²) in [5.74, 6) is 0.846. The summed E-state index contributed by atoms with van der Waals surface area (Å²) in [7, 11) is 1.80. The second kappa shape index (κ2) is 8.16. The smallest absolute Gasteiger partial charge is 0.251 e. The van der Waals surface area contributed by atoms with Gasteiger partial charge in [0.15, 0.2) is 5.96 Å². The predicted molar refractivity (Wildman–Crippen MR) is 95.2 cm³/mol. The van der Waals surface area contributed by atoms with Gasteiger partial charge in [-0.2, -0.15) is 0 Å². The first-order chi connectivity index (χ1) is 12.1. The average molecular weight is 358 g/mol. The Balaban J connectivity index is 1.45.